The van der Waals surface area contributed by atoms with E-state index in [1.165, 1.54) is 0 Å². The van der Waals surface area contributed by atoms with Crippen LogP contribution in [0.3, 0.4) is 0 Å². The van der Waals surface area contributed by atoms with Gasteiger partial charge in [0, 0.05) is 2.74 Å². The molecule has 30 valence electrons. The van der Waals surface area contributed by atoms with Crippen LogP contribution in [0.2, 0.25) is 0 Å². The third kappa shape index (κ3) is 0.444. The van der Waals surface area contributed by atoms with Crippen LogP contribution in [0, 0.1) is 5.92 Å². The van der Waals surface area contributed by atoms with E-state index in [9.17, 15) is 0 Å². The first-order valence-corrected chi connectivity index (χ1v) is 2.06. The van der Waals surface area contributed by atoms with Crippen molar-refractivity contribution in [1.82, 2.24) is 0 Å². The Hall–Kier alpha value is 0. The predicted octanol–water partition coefficient (Wildman–Crippen LogP) is 1.81. The topological polar surface area (TPSA) is 0 Å². The van der Waals surface area contributed by atoms with Crippen molar-refractivity contribution in [3.8, 4) is 0 Å². The van der Waals surface area contributed by atoms with Crippen LogP contribution in [0.4, 0.5) is 0 Å². The molecular weight excluding hydrogens is 60.1 g/mol. The second kappa shape index (κ2) is 1.00. The molecule has 1 fully saturated rings. The highest BCUT2D eigenvalue weighted by Gasteiger charge is 2.09. The zero-order valence-corrected chi connectivity index (χ0v) is 3.44. The molecule has 1 aliphatic rings. The minimum Gasteiger partial charge on any atom is -0.0625 e. The maximum absolute atomic E-state index is 7.13. The van der Waals surface area contributed by atoms with Crippen molar-refractivity contribution in [2.45, 2.75) is 26.1 Å². The van der Waals surface area contributed by atoms with Crippen molar-refractivity contribution in [1.29, 1.82) is 0 Å². The molecule has 0 amide bonds. The molecule has 0 aromatic carbocycles. The monoisotopic (exact) mass is 72.1 g/mol. The predicted molar refractivity (Wildman–Crippen MR) is 23.0 cm³/mol. The first-order chi connectivity index (χ1) is 3.22. The van der Waals surface area contributed by atoms with Crippen molar-refractivity contribution in [3.63, 3.8) is 0 Å². The summed E-state index contributed by atoms with van der Waals surface area (Å²) in [7, 11) is 0. The number of hydrogen-bond acceptors (Lipinski definition) is 0. The summed E-state index contributed by atoms with van der Waals surface area (Å²) in [4.78, 5) is 0. The Balaban J connectivity index is 2.29. The van der Waals surface area contributed by atoms with Gasteiger partial charge in [-0.25, -0.2) is 0 Å². The van der Waals surface area contributed by atoms with E-state index in [-0.39, 0.29) is 12.8 Å². The fourth-order valence-electron chi connectivity index (χ4n) is 0.408. The summed E-state index contributed by atoms with van der Waals surface area (Å²) in [5, 5.41) is 0. The van der Waals surface area contributed by atoms with E-state index in [0.717, 1.165) is 6.42 Å². The maximum atomic E-state index is 7.13. The van der Waals surface area contributed by atoms with Crippen LogP contribution in [0.1, 0.15) is 28.9 Å². The Morgan fingerprint density at radius 1 is 1.80 bits per heavy atom. The van der Waals surface area contributed by atoms with Crippen LogP contribution in [-0.2, 0) is 0 Å². The fraction of sp³-hybridized carbons (Fsp3) is 1.00. The summed E-state index contributed by atoms with van der Waals surface area (Å²) in [6.07, 6.45) is 0.936. The third-order valence-electron chi connectivity index (χ3n) is 1.02. The van der Waals surface area contributed by atoms with Crippen molar-refractivity contribution in [3.05, 3.63) is 0 Å². The zero-order valence-electron chi connectivity index (χ0n) is 5.44. The molecule has 0 aliphatic heterocycles. The molecule has 1 rings (SSSR count). The van der Waals surface area contributed by atoms with Crippen LogP contribution in [0.5, 0.6) is 0 Å². The van der Waals surface area contributed by atoms with E-state index >= 15 is 0 Å². The van der Waals surface area contributed by atoms with Gasteiger partial charge in [-0.1, -0.05) is 26.1 Å². The van der Waals surface area contributed by atoms with Gasteiger partial charge < -0.3 is 0 Å². The lowest BCUT2D eigenvalue weighted by Gasteiger charge is -2.18. The molecule has 1 saturated carbocycles. The smallest absolute Gasteiger partial charge is 0.0269 e. The largest absolute Gasteiger partial charge is 0.0625 e. The summed E-state index contributed by atoms with van der Waals surface area (Å²) in [5.74, 6) is 0.333. The molecule has 0 aromatic rings. The Morgan fingerprint density at radius 3 is 2.40 bits per heavy atom. The average Bonchev–Trinajstić information content (AvgIpc) is 1.68. The third-order valence-corrected chi connectivity index (χ3v) is 1.02. The average molecular weight is 72.1 g/mol. The lowest BCUT2D eigenvalue weighted by atomic mass is 9.88. The Morgan fingerprint density at radius 2 is 2.40 bits per heavy atom. The second-order valence-electron chi connectivity index (χ2n) is 1.57. The van der Waals surface area contributed by atoms with E-state index in [4.69, 9.17) is 2.74 Å². The first-order valence-electron chi connectivity index (χ1n) is 3.22. The van der Waals surface area contributed by atoms with Crippen molar-refractivity contribution in [2.24, 2.45) is 5.92 Å². The molecule has 0 saturated heterocycles. The van der Waals surface area contributed by atoms with Crippen molar-refractivity contribution in [2.75, 3.05) is 0 Å². The van der Waals surface area contributed by atoms with E-state index in [0.29, 0.717) is 5.92 Å². The summed E-state index contributed by atoms with van der Waals surface area (Å²) >= 11 is 0. The summed E-state index contributed by atoms with van der Waals surface area (Å²) in [6, 6.07) is 0. The van der Waals surface area contributed by atoms with Gasteiger partial charge in [-0.3, -0.25) is 0 Å². The van der Waals surface area contributed by atoms with Crippen LogP contribution in [0.25, 0.3) is 0 Å². The van der Waals surface area contributed by atoms with Gasteiger partial charge in [0.1, 0.15) is 0 Å². The molecule has 2 unspecified atom stereocenters. The standard InChI is InChI=1S/C5H10/c1-5-3-2-4-5/h5H,2-4H2,1H3/i3D,4D. The zero-order chi connectivity index (χ0) is 5.44. The molecule has 0 radical (unpaired) electrons. The molecular formula is C5H10. The van der Waals surface area contributed by atoms with Gasteiger partial charge in [0.2, 0.25) is 0 Å². The summed E-state index contributed by atoms with van der Waals surface area (Å²) < 4.78 is 14.3. The van der Waals surface area contributed by atoms with Gasteiger partial charge in [-0.05, 0) is 5.92 Å². The van der Waals surface area contributed by atoms with E-state index in [2.05, 4.69) is 0 Å². The van der Waals surface area contributed by atoms with Crippen LogP contribution in [0.15, 0.2) is 0 Å². The molecule has 0 N–H and O–H groups in total. The molecule has 0 heterocycles. The quantitative estimate of drug-likeness (QED) is 0.409. The van der Waals surface area contributed by atoms with E-state index in [1.54, 1.807) is 0 Å². The Kier molecular flexibility index (Phi) is 0.327. The second-order valence-corrected chi connectivity index (χ2v) is 1.57. The van der Waals surface area contributed by atoms with Gasteiger partial charge in [0.15, 0.2) is 0 Å². The van der Waals surface area contributed by atoms with Gasteiger partial charge in [-0.15, -0.1) is 0 Å². The molecule has 2 atom stereocenters. The van der Waals surface area contributed by atoms with Crippen molar-refractivity contribution >= 4 is 0 Å². The molecule has 0 heteroatoms. The fourth-order valence-corrected chi connectivity index (χ4v) is 0.408. The Labute approximate surface area is 36.0 Å². The number of hydrogen-bond donors (Lipinski definition) is 0. The lowest BCUT2D eigenvalue weighted by Crippen LogP contribution is -2.04. The highest BCUT2D eigenvalue weighted by Crippen LogP contribution is 2.24. The highest BCUT2D eigenvalue weighted by atomic mass is 14.1. The van der Waals surface area contributed by atoms with Gasteiger partial charge in [0.05, 0.1) is 0 Å². The molecule has 0 nitrogen and oxygen atoms in total. The summed E-state index contributed by atoms with van der Waals surface area (Å²) in [5.41, 5.74) is 0. The molecule has 0 aromatic heterocycles. The van der Waals surface area contributed by atoms with E-state index in [1.807, 2.05) is 6.92 Å². The normalized spacial score (nSPS) is 71.8. The van der Waals surface area contributed by atoms with Crippen LogP contribution < -0.4 is 0 Å². The maximum Gasteiger partial charge on any atom is 0.0269 e. The van der Waals surface area contributed by atoms with Gasteiger partial charge in [0.25, 0.3) is 0 Å². The van der Waals surface area contributed by atoms with Crippen LogP contribution in [-0.4, -0.2) is 0 Å². The first kappa shape index (κ1) is 1.63. The summed E-state index contributed by atoms with van der Waals surface area (Å²) in [6.45, 7) is 1.97. The molecule has 1 aliphatic carbocycles. The molecule has 0 spiro atoms. The van der Waals surface area contributed by atoms with Gasteiger partial charge >= 0.3 is 0 Å². The minimum atomic E-state index is 0.0718. The van der Waals surface area contributed by atoms with Crippen LogP contribution >= 0.6 is 0 Å². The van der Waals surface area contributed by atoms with Gasteiger partial charge in [-0.2, -0.15) is 0 Å². The van der Waals surface area contributed by atoms with Crippen molar-refractivity contribution < 1.29 is 2.74 Å². The molecule has 5 heavy (non-hydrogen) atoms. The minimum absolute atomic E-state index is 0.0718. The Bertz CT molecular complexity index is 64.5. The lowest BCUT2D eigenvalue weighted by molar-refractivity contribution is 0.346. The SMILES string of the molecule is [2H]C1CC([2H])C1C. The number of rotatable bonds is 0. The highest BCUT2D eigenvalue weighted by molar-refractivity contribution is 4.62. The van der Waals surface area contributed by atoms with E-state index < -0.39 is 0 Å². The molecule has 0 bridgehead atoms.